The highest BCUT2D eigenvalue weighted by atomic mass is 35.5. The van der Waals surface area contributed by atoms with Crippen LogP contribution in [0.3, 0.4) is 0 Å². The lowest BCUT2D eigenvalue weighted by molar-refractivity contribution is 0.289. The van der Waals surface area contributed by atoms with Crippen LogP contribution in [0.5, 0.6) is 0 Å². The van der Waals surface area contributed by atoms with Crippen molar-refractivity contribution in [3.05, 3.63) is 34.3 Å². The maximum absolute atomic E-state index is 8.82. The standard InChI is InChI=1S/C12H17ClN2O2S/c1-8(4-5-16)18-7-10-3-2-9(6-11(10)13)12(14)15-17/h2-3,6,8,16-17H,4-5,7H2,1H3,(H2,14,15). The third kappa shape index (κ3) is 4.40. The summed E-state index contributed by atoms with van der Waals surface area (Å²) in [4.78, 5) is 0. The first-order valence-corrected chi connectivity index (χ1v) is 7.00. The second kappa shape index (κ2) is 7.51. The van der Waals surface area contributed by atoms with Crippen LogP contribution in [0.15, 0.2) is 23.4 Å². The average molecular weight is 289 g/mol. The minimum absolute atomic E-state index is 0.0461. The normalized spacial score (nSPS) is 13.6. The molecule has 1 rings (SSSR count). The molecule has 4 nitrogen and oxygen atoms in total. The molecule has 4 N–H and O–H groups in total. The summed E-state index contributed by atoms with van der Waals surface area (Å²) in [5.41, 5.74) is 7.08. The Balaban J connectivity index is 2.68. The molecular formula is C12H17ClN2O2S. The van der Waals surface area contributed by atoms with E-state index in [1.54, 1.807) is 23.9 Å². The van der Waals surface area contributed by atoms with Crippen LogP contribution >= 0.6 is 23.4 Å². The van der Waals surface area contributed by atoms with Gasteiger partial charge in [0.25, 0.3) is 0 Å². The van der Waals surface area contributed by atoms with E-state index in [4.69, 9.17) is 27.6 Å². The van der Waals surface area contributed by atoms with Gasteiger partial charge in [0.2, 0.25) is 0 Å². The molecule has 0 aliphatic carbocycles. The zero-order valence-electron chi connectivity index (χ0n) is 10.1. The number of oxime groups is 1. The number of nitrogens with two attached hydrogens (primary N) is 1. The van der Waals surface area contributed by atoms with Crippen molar-refractivity contribution in [3.63, 3.8) is 0 Å². The van der Waals surface area contributed by atoms with Crippen LogP contribution in [0.1, 0.15) is 24.5 Å². The number of hydrogen-bond acceptors (Lipinski definition) is 4. The van der Waals surface area contributed by atoms with Crippen molar-refractivity contribution < 1.29 is 10.3 Å². The van der Waals surface area contributed by atoms with E-state index < -0.39 is 0 Å². The monoisotopic (exact) mass is 288 g/mol. The summed E-state index contributed by atoms with van der Waals surface area (Å²) >= 11 is 7.87. The van der Waals surface area contributed by atoms with Gasteiger partial charge in [0.05, 0.1) is 0 Å². The molecule has 0 bridgehead atoms. The van der Waals surface area contributed by atoms with E-state index in [1.165, 1.54) is 0 Å². The Bertz CT molecular complexity index is 427. The van der Waals surface area contributed by atoms with Crippen molar-refractivity contribution in [2.45, 2.75) is 24.3 Å². The minimum Gasteiger partial charge on any atom is -0.409 e. The first kappa shape index (κ1) is 15.1. The molecule has 18 heavy (non-hydrogen) atoms. The lowest BCUT2D eigenvalue weighted by atomic mass is 10.1. The van der Waals surface area contributed by atoms with Gasteiger partial charge in [-0.3, -0.25) is 0 Å². The summed E-state index contributed by atoms with van der Waals surface area (Å²) in [6.07, 6.45) is 0.768. The fourth-order valence-electron chi connectivity index (χ4n) is 1.38. The molecule has 0 saturated heterocycles. The number of hydrogen-bond donors (Lipinski definition) is 3. The zero-order valence-corrected chi connectivity index (χ0v) is 11.7. The Morgan fingerprint density at radius 2 is 2.28 bits per heavy atom. The van der Waals surface area contributed by atoms with Crippen LogP contribution in [0.4, 0.5) is 0 Å². The Labute approximate surface area is 116 Å². The largest absolute Gasteiger partial charge is 0.409 e. The van der Waals surface area contributed by atoms with Crippen LogP contribution in [-0.2, 0) is 5.75 Å². The number of nitrogens with zero attached hydrogens (tertiary/aromatic N) is 1. The fraction of sp³-hybridized carbons (Fsp3) is 0.417. The minimum atomic E-state index is 0.0461. The first-order chi connectivity index (χ1) is 8.58. The molecule has 1 aromatic rings. The molecule has 0 saturated carbocycles. The summed E-state index contributed by atoms with van der Waals surface area (Å²) in [6.45, 7) is 2.27. The highest BCUT2D eigenvalue weighted by Gasteiger charge is 2.07. The lowest BCUT2D eigenvalue weighted by Crippen LogP contribution is -2.13. The number of aliphatic hydroxyl groups excluding tert-OH is 1. The highest BCUT2D eigenvalue weighted by molar-refractivity contribution is 7.99. The van der Waals surface area contributed by atoms with Crippen molar-refractivity contribution in [2.24, 2.45) is 10.9 Å². The quantitative estimate of drug-likeness (QED) is 0.325. The fourth-order valence-corrected chi connectivity index (χ4v) is 2.69. The van der Waals surface area contributed by atoms with E-state index in [9.17, 15) is 0 Å². The zero-order chi connectivity index (χ0) is 13.5. The van der Waals surface area contributed by atoms with Gasteiger partial charge in [0.15, 0.2) is 5.84 Å². The summed E-state index contributed by atoms with van der Waals surface area (Å²) < 4.78 is 0. The van der Waals surface area contributed by atoms with Gasteiger partial charge >= 0.3 is 0 Å². The first-order valence-electron chi connectivity index (χ1n) is 5.57. The van der Waals surface area contributed by atoms with Crippen LogP contribution in [0.25, 0.3) is 0 Å². The third-order valence-electron chi connectivity index (χ3n) is 2.52. The predicted octanol–water partition coefficient (Wildman–Crippen LogP) is 2.44. The Morgan fingerprint density at radius 1 is 1.56 bits per heavy atom. The Kier molecular flexibility index (Phi) is 6.32. The molecule has 0 radical (unpaired) electrons. The average Bonchev–Trinajstić information content (AvgIpc) is 2.36. The van der Waals surface area contributed by atoms with Gasteiger partial charge < -0.3 is 16.0 Å². The number of amidine groups is 1. The molecule has 0 aliphatic rings. The van der Waals surface area contributed by atoms with E-state index in [-0.39, 0.29) is 12.4 Å². The van der Waals surface area contributed by atoms with E-state index in [2.05, 4.69) is 12.1 Å². The molecule has 0 aromatic heterocycles. The van der Waals surface area contributed by atoms with Gasteiger partial charge in [-0.15, -0.1) is 0 Å². The molecule has 0 aliphatic heterocycles. The summed E-state index contributed by atoms with van der Waals surface area (Å²) in [7, 11) is 0. The van der Waals surface area contributed by atoms with Gasteiger partial charge in [-0.25, -0.2) is 0 Å². The number of halogens is 1. The van der Waals surface area contributed by atoms with Crippen molar-refractivity contribution >= 4 is 29.2 Å². The predicted molar refractivity (Wildman–Crippen MR) is 76.4 cm³/mol. The Hall–Kier alpha value is -0.910. The van der Waals surface area contributed by atoms with E-state index in [1.807, 2.05) is 6.07 Å². The van der Waals surface area contributed by atoms with Crippen molar-refractivity contribution in [1.29, 1.82) is 0 Å². The van der Waals surface area contributed by atoms with Gasteiger partial charge in [-0.1, -0.05) is 35.8 Å². The molecule has 6 heteroatoms. The van der Waals surface area contributed by atoms with Crippen molar-refractivity contribution in [1.82, 2.24) is 0 Å². The summed E-state index contributed by atoms with van der Waals surface area (Å²) in [5, 5.41) is 21.3. The molecule has 1 atom stereocenters. The highest BCUT2D eigenvalue weighted by Crippen LogP contribution is 2.25. The van der Waals surface area contributed by atoms with E-state index >= 15 is 0 Å². The van der Waals surface area contributed by atoms with Crippen LogP contribution in [0, 0.1) is 0 Å². The molecule has 1 unspecified atom stereocenters. The molecule has 0 spiro atoms. The molecule has 1 aromatic carbocycles. The molecule has 0 fully saturated rings. The lowest BCUT2D eigenvalue weighted by Gasteiger charge is -2.11. The van der Waals surface area contributed by atoms with Gasteiger partial charge in [-0.2, -0.15) is 11.8 Å². The summed E-state index contributed by atoms with van der Waals surface area (Å²) in [5.74, 6) is 0.820. The van der Waals surface area contributed by atoms with Gasteiger partial charge in [-0.05, 0) is 18.1 Å². The van der Waals surface area contributed by atoms with E-state index in [0.717, 1.165) is 17.7 Å². The second-order valence-corrected chi connectivity index (χ2v) is 5.76. The van der Waals surface area contributed by atoms with Crippen molar-refractivity contribution in [2.75, 3.05) is 6.61 Å². The number of thioether (sulfide) groups is 1. The molecule has 0 amide bonds. The van der Waals surface area contributed by atoms with Crippen molar-refractivity contribution in [3.8, 4) is 0 Å². The van der Waals surface area contributed by atoms with Crippen LogP contribution in [0.2, 0.25) is 5.02 Å². The second-order valence-electron chi connectivity index (χ2n) is 3.93. The van der Waals surface area contributed by atoms with Gasteiger partial charge in [0.1, 0.15) is 0 Å². The molecule has 0 heterocycles. The molecule has 100 valence electrons. The number of aliphatic hydroxyl groups is 1. The SMILES string of the molecule is CC(CCO)SCc1ccc(/C(N)=N/O)cc1Cl. The smallest absolute Gasteiger partial charge is 0.170 e. The Morgan fingerprint density at radius 3 is 2.83 bits per heavy atom. The maximum Gasteiger partial charge on any atom is 0.170 e. The number of rotatable bonds is 6. The van der Waals surface area contributed by atoms with E-state index in [0.29, 0.717) is 15.8 Å². The summed E-state index contributed by atoms with van der Waals surface area (Å²) in [6, 6.07) is 5.32. The maximum atomic E-state index is 8.82. The third-order valence-corrected chi connectivity index (χ3v) is 4.15. The van der Waals surface area contributed by atoms with Gasteiger partial charge in [0, 0.05) is 28.2 Å². The van der Waals surface area contributed by atoms with Crippen LogP contribution in [-0.4, -0.2) is 28.0 Å². The molecular weight excluding hydrogens is 272 g/mol. The topological polar surface area (TPSA) is 78.8 Å². The number of benzene rings is 1. The van der Waals surface area contributed by atoms with Crippen LogP contribution < -0.4 is 5.73 Å².